The molecule has 1 atom stereocenters. The van der Waals surface area contributed by atoms with E-state index in [0.29, 0.717) is 12.0 Å². The van der Waals surface area contributed by atoms with Crippen LogP contribution in [0.15, 0.2) is 18.2 Å². The van der Waals surface area contributed by atoms with E-state index in [4.69, 9.17) is 16.7 Å². The first-order valence-electron chi connectivity index (χ1n) is 4.41. The summed E-state index contributed by atoms with van der Waals surface area (Å²) >= 11 is 5.49. The van der Waals surface area contributed by atoms with E-state index in [-0.39, 0.29) is 11.4 Å². The van der Waals surface area contributed by atoms with Crippen LogP contribution in [0.2, 0.25) is 5.02 Å². The maximum Gasteiger partial charge on any atom is 0.305 e. The smallest absolute Gasteiger partial charge is 0.305 e. The number of benzene rings is 1. The van der Waals surface area contributed by atoms with E-state index in [0.717, 1.165) is 6.07 Å². The number of hydrogen-bond acceptors (Lipinski definition) is 2. The van der Waals surface area contributed by atoms with E-state index in [1.54, 1.807) is 0 Å². The van der Waals surface area contributed by atoms with Gasteiger partial charge in [-0.2, -0.15) is 0 Å². The minimum absolute atomic E-state index is 0.0519. The standard InChI is InChI=1S/C10H9ClFNO3/c11-7-2-1-6(3-8(7)12)9(13-5-14)4-10(15)16/h1-3,5,9H,4H2,(H,13,14)(H,15,16). The van der Waals surface area contributed by atoms with Gasteiger partial charge in [0.1, 0.15) is 5.82 Å². The van der Waals surface area contributed by atoms with Crippen molar-refractivity contribution in [1.29, 1.82) is 0 Å². The summed E-state index contributed by atoms with van der Waals surface area (Å²) in [6, 6.07) is 3.12. The maximum atomic E-state index is 13.1. The monoisotopic (exact) mass is 245 g/mol. The Hall–Kier alpha value is -1.62. The highest BCUT2D eigenvalue weighted by molar-refractivity contribution is 6.30. The molecule has 0 saturated carbocycles. The summed E-state index contributed by atoms with van der Waals surface area (Å²) in [5, 5.41) is 10.9. The average molecular weight is 246 g/mol. The van der Waals surface area contributed by atoms with Gasteiger partial charge in [0.25, 0.3) is 0 Å². The fraction of sp³-hybridized carbons (Fsp3) is 0.200. The molecule has 86 valence electrons. The van der Waals surface area contributed by atoms with Crippen LogP contribution in [0.25, 0.3) is 0 Å². The van der Waals surface area contributed by atoms with E-state index < -0.39 is 17.8 Å². The van der Waals surface area contributed by atoms with Crippen LogP contribution in [0.3, 0.4) is 0 Å². The van der Waals surface area contributed by atoms with Crippen LogP contribution in [0.4, 0.5) is 4.39 Å². The summed E-state index contributed by atoms with van der Waals surface area (Å²) in [4.78, 5) is 20.8. The van der Waals surface area contributed by atoms with Crippen LogP contribution in [0.5, 0.6) is 0 Å². The van der Waals surface area contributed by atoms with Crippen molar-refractivity contribution in [3.8, 4) is 0 Å². The summed E-state index contributed by atoms with van der Waals surface area (Å²) in [5.41, 5.74) is 0.358. The summed E-state index contributed by atoms with van der Waals surface area (Å²) in [5.74, 6) is -1.74. The lowest BCUT2D eigenvalue weighted by Gasteiger charge is -2.14. The Bertz CT molecular complexity index is 411. The quantitative estimate of drug-likeness (QED) is 0.777. The number of halogens is 2. The van der Waals surface area contributed by atoms with Crippen molar-refractivity contribution in [2.24, 2.45) is 0 Å². The van der Waals surface area contributed by atoms with Gasteiger partial charge in [-0.1, -0.05) is 17.7 Å². The zero-order chi connectivity index (χ0) is 12.1. The van der Waals surface area contributed by atoms with E-state index in [9.17, 15) is 14.0 Å². The van der Waals surface area contributed by atoms with Crippen LogP contribution in [0, 0.1) is 5.82 Å². The molecule has 0 saturated heterocycles. The third-order valence-electron chi connectivity index (χ3n) is 1.99. The molecule has 1 aromatic carbocycles. The van der Waals surface area contributed by atoms with E-state index >= 15 is 0 Å². The molecule has 4 nitrogen and oxygen atoms in total. The fourth-order valence-corrected chi connectivity index (χ4v) is 1.38. The molecule has 6 heteroatoms. The molecule has 0 radical (unpaired) electrons. The first-order chi connectivity index (χ1) is 7.54. The average Bonchev–Trinajstić information content (AvgIpc) is 2.21. The number of nitrogens with one attached hydrogen (secondary N) is 1. The van der Waals surface area contributed by atoms with Crippen molar-refractivity contribution < 1.29 is 19.1 Å². The van der Waals surface area contributed by atoms with Gasteiger partial charge in [0.2, 0.25) is 6.41 Å². The molecule has 0 aromatic heterocycles. The highest BCUT2D eigenvalue weighted by Crippen LogP contribution is 2.22. The number of rotatable bonds is 5. The molecule has 0 aliphatic carbocycles. The highest BCUT2D eigenvalue weighted by Gasteiger charge is 2.15. The Morgan fingerprint density at radius 1 is 1.62 bits per heavy atom. The van der Waals surface area contributed by atoms with Gasteiger partial charge < -0.3 is 10.4 Å². The van der Waals surface area contributed by atoms with Crippen LogP contribution in [-0.2, 0) is 9.59 Å². The molecule has 2 N–H and O–H groups in total. The van der Waals surface area contributed by atoms with Crippen molar-refractivity contribution in [2.75, 3.05) is 0 Å². The molecule has 0 heterocycles. The Morgan fingerprint density at radius 2 is 2.31 bits per heavy atom. The molecule has 0 spiro atoms. The zero-order valence-corrected chi connectivity index (χ0v) is 8.87. The lowest BCUT2D eigenvalue weighted by atomic mass is 10.0. The number of carbonyl (C=O) groups is 2. The number of aliphatic carboxylic acids is 1. The second-order valence-electron chi connectivity index (χ2n) is 3.11. The molecule has 0 aliphatic rings. The molecule has 0 fully saturated rings. The first kappa shape index (κ1) is 12.4. The fourth-order valence-electron chi connectivity index (χ4n) is 1.26. The molecule has 0 bridgehead atoms. The van der Waals surface area contributed by atoms with E-state index in [1.807, 2.05) is 0 Å². The molecule has 16 heavy (non-hydrogen) atoms. The Kier molecular flexibility index (Phi) is 4.25. The van der Waals surface area contributed by atoms with E-state index in [2.05, 4.69) is 5.32 Å². The number of carboxylic acid groups (broad SMARTS) is 1. The third-order valence-corrected chi connectivity index (χ3v) is 2.30. The van der Waals surface area contributed by atoms with Gasteiger partial charge in [-0.3, -0.25) is 9.59 Å². The maximum absolute atomic E-state index is 13.1. The molecule has 1 amide bonds. The van der Waals surface area contributed by atoms with Crippen molar-refractivity contribution >= 4 is 24.0 Å². The van der Waals surface area contributed by atoms with Crippen LogP contribution in [-0.4, -0.2) is 17.5 Å². The van der Waals surface area contributed by atoms with E-state index in [1.165, 1.54) is 12.1 Å². The minimum Gasteiger partial charge on any atom is -0.481 e. The number of carboxylic acids is 1. The summed E-state index contributed by atoms with van der Waals surface area (Å²) in [6.45, 7) is 0. The summed E-state index contributed by atoms with van der Waals surface area (Å²) in [7, 11) is 0. The van der Waals surface area contributed by atoms with Gasteiger partial charge in [0.05, 0.1) is 17.5 Å². The van der Waals surface area contributed by atoms with Crippen LogP contribution in [0.1, 0.15) is 18.0 Å². The van der Waals surface area contributed by atoms with Crippen molar-refractivity contribution in [3.63, 3.8) is 0 Å². The number of carbonyl (C=O) groups excluding carboxylic acids is 1. The van der Waals surface area contributed by atoms with Crippen molar-refractivity contribution in [3.05, 3.63) is 34.6 Å². The zero-order valence-electron chi connectivity index (χ0n) is 8.11. The largest absolute Gasteiger partial charge is 0.481 e. The molecule has 1 rings (SSSR count). The summed E-state index contributed by atoms with van der Waals surface area (Å²) in [6.07, 6.45) is 0.0555. The highest BCUT2D eigenvalue weighted by atomic mass is 35.5. The van der Waals surface area contributed by atoms with Crippen LogP contribution >= 0.6 is 11.6 Å². The second kappa shape index (κ2) is 5.46. The molecular formula is C10H9ClFNO3. The Morgan fingerprint density at radius 3 is 2.81 bits per heavy atom. The second-order valence-corrected chi connectivity index (χ2v) is 3.52. The van der Waals surface area contributed by atoms with Gasteiger partial charge in [-0.25, -0.2) is 4.39 Å². The first-order valence-corrected chi connectivity index (χ1v) is 4.79. The van der Waals surface area contributed by atoms with Gasteiger partial charge in [-0.05, 0) is 17.7 Å². The number of amides is 1. The predicted octanol–water partition coefficient (Wildman–Crippen LogP) is 1.74. The van der Waals surface area contributed by atoms with Crippen molar-refractivity contribution in [1.82, 2.24) is 5.32 Å². The lowest BCUT2D eigenvalue weighted by Crippen LogP contribution is -2.22. The third kappa shape index (κ3) is 3.20. The van der Waals surface area contributed by atoms with Gasteiger partial charge in [-0.15, -0.1) is 0 Å². The van der Waals surface area contributed by atoms with Gasteiger partial charge >= 0.3 is 5.97 Å². The van der Waals surface area contributed by atoms with Crippen LogP contribution < -0.4 is 5.32 Å². The number of hydrogen-bond donors (Lipinski definition) is 2. The molecule has 1 aromatic rings. The van der Waals surface area contributed by atoms with Crippen molar-refractivity contribution in [2.45, 2.75) is 12.5 Å². The Balaban J connectivity index is 2.95. The molecule has 0 aliphatic heterocycles. The Labute approximate surface area is 96.0 Å². The SMILES string of the molecule is O=CNC(CC(=O)O)c1ccc(Cl)c(F)c1. The normalized spacial score (nSPS) is 11.9. The lowest BCUT2D eigenvalue weighted by molar-refractivity contribution is -0.137. The minimum atomic E-state index is -1.09. The predicted molar refractivity (Wildman–Crippen MR) is 55.6 cm³/mol. The van der Waals surface area contributed by atoms with Gasteiger partial charge in [0.15, 0.2) is 0 Å². The van der Waals surface area contributed by atoms with Gasteiger partial charge in [0, 0.05) is 0 Å². The molecule has 1 unspecified atom stereocenters. The molecular weight excluding hydrogens is 237 g/mol. The topological polar surface area (TPSA) is 66.4 Å². The summed E-state index contributed by atoms with van der Waals surface area (Å²) < 4.78 is 13.1.